The normalized spacial score (nSPS) is 13.0. The third-order valence-corrected chi connectivity index (χ3v) is 5.13. The number of amides is 1. The molecular formula is C24H35ClN2O2. The van der Waals surface area contributed by atoms with Crippen LogP contribution in [0.3, 0.4) is 0 Å². The summed E-state index contributed by atoms with van der Waals surface area (Å²) in [6.07, 6.45) is 3.57. The van der Waals surface area contributed by atoms with Gasteiger partial charge in [-0.2, -0.15) is 0 Å². The summed E-state index contributed by atoms with van der Waals surface area (Å²) in [6.45, 7) is 5.86. The number of hydrogen-bond donors (Lipinski definition) is 3. The molecule has 0 aliphatic rings. The van der Waals surface area contributed by atoms with E-state index in [0.717, 1.165) is 30.0 Å². The van der Waals surface area contributed by atoms with Crippen LogP contribution in [-0.4, -0.2) is 30.2 Å². The predicted molar refractivity (Wildman–Crippen MR) is 123 cm³/mol. The highest BCUT2D eigenvalue weighted by Gasteiger charge is 2.25. The maximum atomic E-state index is 11.9. The van der Waals surface area contributed by atoms with Crippen LogP contribution in [-0.2, 0) is 6.42 Å². The van der Waals surface area contributed by atoms with E-state index in [4.69, 9.17) is 5.73 Å². The number of benzene rings is 2. The van der Waals surface area contributed by atoms with E-state index in [1.807, 2.05) is 48.5 Å². The number of aliphatic hydroxyl groups is 1. The number of carbonyl (C=O) groups excluding carboxylic acids is 1. The zero-order chi connectivity index (χ0) is 20.4. The van der Waals surface area contributed by atoms with Crippen molar-refractivity contribution in [3.8, 4) is 0 Å². The highest BCUT2D eigenvalue weighted by molar-refractivity contribution is 5.94. The van der Waals surface area contributed by atoms with Gasteiger partial charge in [-0.15, -0.1) is 12.4 Å². The first-order valence-corrected chi connectivity index (χ1v) is 10.3. The first-order valence-electron chi connectivity index (χ1n) is 10.3. The van der Waals surface area contributed by atoms with Gasteiger partial charge in [-0.25, -0.2) is 0 Å². The number of halogens is 1. The number of unbranched alkanes of at least 4 members (excludes halogenated alkanes) is 1. The minimum Gasteiger partial charge on any atom is -0.391 e. The summed E-state index contributed by atoms with van der Waals surface area (Å²) in [4.78, 5) is 11.9. The maximum Gasteiger partial charge on any atom is 0.248 e. The fraction of sp³-hybridized carbons (Fsp3) is 0.458. The Balaban J connectivity index is 0.00000420. The molecule has 0 spiro atoms. The third-order valence-electron chi connectivity index (χ3n) is 5.13. The van der Waals surface area contributed by atoms with Crippen molar-refractivity contribution in [1.29, 1.82) is 0 Å². The Bertz CT molecular complexity index is 722. The highest BCUT2D eigenvalue weighted by Crippen LogP contribution is 2.27. The number of nitrogens with two attached hydrogens (primary N) is 1. The lowest BCUT2D eigenvalue weighted by atomic mass is 9.84. The molecule has 1 amide bonds. The van der Waals surface area contributed by atoms with Gasteiger partial charge in [0.1, 0.15) is 0 Å². The molecule has 0 radical (unpaired) electrons. The Morgan fingerprint density at radius 1 is 1.03 bits per heavy atom. The van der Waals surface area contributed by atoms with Crippen LogP contribution in [0.2, 0.25) is 0 Å². The number of aliphatic hydroxyl groups excluding tert-OH is 1. The number of primary amides is 1. The van der Waals surface area contributed by atoms with Gasteiger partial charge in [0, 0.05) is 18.0 Å². The smallest absolute Gasteiger partial charge is 0.248 e. The highest BCUT2D eigenvalue weighted by atomic mass is 35.5. The second-order valence-corrected chi connectivity index (χ2v) is 7.91. The minimum absolute atomic E-state index is 0. The Labute approximate surface area is 181 Å². The van der Waals surface area contributed by atoms with Crippen molar-refractivity contribution in [2.45, 2.75) is 51.6 Å². The minimum atomic E-state index is -0.606. The average molecular weight is 419 g/mol. The molecule has 29 heavy (non-hydrogen) atoms. The first-order chi connectivity index (χ1) is 13.5. The molecule has 0 heterocycles. The van der Waals surface area contributed by atoms with E-state index >= 15 is 0 Å². The fourth-order valence-electron chi connectivity index (χ4n) is 3.56. The number of nitrogens with one attached hydrogen (secondary N) is 1. The van der Waals surface area contributed by atoms with Crippen molar-refractivity contribution >= 4 is 18.3 Å². The van der Waals surface area contributed by atoms with Crippen molar-refractivity contribution in [2.75, 3.05) is 13.1 Å². The van der Waals surface area contributed by atoms with Crippen LogP contribution in [0, 0.1) is 5.92 Å². The Morgan fingerprint density at radius 3 is 2.34 bits per heavy atom. The van der Waals surface area contributed by atoms with Gasteiger partial charge in [-0.3, -0.25) is 4.79 Å². The Morgan fingerprint density at radius 2 is 1.69 bits per heavy atom. The van der Waals surface area contributed by atoms with E-state index in [9.17, 15) is 9.90 Å². The van der Waals surface area contributed by atoms with E-state index in [1.165, 1.54) is 12.8 Å². The van der Waals surface area contributed by atoms with Gasteiger partial charge in [0.05, 0.1) is 6.10 Å². The van der Waals surface area contributed by atoms with E-state index < -0.39 is 12.0 Å². The maximum absolute atomic E-state index is 11.9. The number of rotatable bonds is 12. The Kier molecular flexibility index (Phi) is 11.6. The van der Waals surface area contributed by atoms with Crippen molar-refractivity contribution in [1.82, 2.24) is 5.32 Å². The third kappa shape index (κ3) is 8.57. The monoisotopic (exact) mass is 418 g/mol. The molecule has 2 rings (SSSR count). The zero-order valence-electron chi connectivity index (χ0n) is 17.5. The van der Waals surface area contributed by atoms with Crippen molar-refractivity contribution in [3.63, 3.8) is 0 Å². The van der Waals surface area contributed by atoms with Crippen molar-refractivity contribution in [2.24, 2.45) is 11.7 Å². The molecule has 4 N–H and O–H groups in total. The van der Waals surface area contributed by atoms with E-state index in [-0.39, 0.29) is 18.3 Å². The second kappa shape index (κ2) is 13.4. The van der Waals surface area contributed by atoms with Crippen LogP contribution < -0.4 is 11.1 Å². The lowest BCUT2D eigenvalue weighted by Crippen LogP contribution is -2.34. The fourth-order valence-corrected chi connectivity index (χ4v) is 3.56. The molecule has 2 aromatic carbocycles. The molecule has 0 aliphatic heterocycles. The van der Waals surface area contributed by atoms with Gasteiger partial charge in [0.25, 0.3) is 0 Å². The number of carbonyl (C=O) groups is 1. The largest absolute Gasteiger partial charge is 0.391 e. The molecule has 0 unspecified atom stereocenters. The molecule has 0 aromatic heterocycles. The summed E-state index contributed by atoms with van der Waals surface area (Å²) in [5, 5.41) is 14.3. The average Bonchev–Trinajstić information content (AvgIpc) is 2.69. The topological polar surface area (TPSA) is 75.3 Å². The lowest BCUT2D eigenvalue weighted by molar-refractivity contribution is 0.0995. The zero-order valence-corrected chi connectivity index (χ0v) is 18.3. The molecule has 2 aromatic rings. The van der Waals surface area contributed by atoms with Crippen LogP contribution in [0.4, 0.5) is 0 Å². The second-order valence-electron chi connectivity index (χ2n) is 7.91. The molecule has 0 saturated heterocycles. The van der Waals surface area contributed by atoms with E-state index in [1.54, 1.807) is 6.07 Å². The molecule has 5 heteroatoms. The quantitative estimate of drug-likeness (QED) is 0.449. The Hall–Kier alpha value is -1.88. The first kappa shape index (κ1) is 25.2. The van der Waals surface area contributed by atoms with Crippen LogP contribution in [0.15, 0.2) is 54.6 Å². The summed E-state index contributed by atoms with van der Waals surface area (Å²) in [5.41, 5.74) is 8.02. The molecular weight excluding hydrogens is 384 g/mol. The van der Waals surface area contributed by atoms with E-state index in [0.29, 0.717) is 18.5 Å². The molecule has 4 nitrogen and oxygen atoms in total. The molecule has 0 saturated carbocycles. The van der Waals surface area contributed by atoms with Crippen LogP contribution in [0.5, 0.6) is 0 Å². The van der Waals surface area contributed by atoms with Gasteiger partial charge in [-0.1, -0.05) is 75.2 Å². The number of hydrogen-bond acceptors (Lipinski definition) is 3. The predicted octanol–water partition coefficient (Wildman–Crippen LogP) is 4.31. The molecule has 0 fully saturated rings. The van der Waals surface area contributed by atoms with Crippen LogP contribution in [0.1, 0.15) is 60.5 Å². The van der Waals surface area contributed by atoms with Crippen LogP contribution in [0.25, 0.3) is 0 Å². The molecule has 2 atom stereocenters. The van der Waals surface area contributed by atoms with Gasteiger partial charge < -0.3 is 16.2 Å². The summed E-state index contributed by atoms with van der Waals surface area (Å²) in [6, 6.07) is 17.4. The van der Waals surface area contributed by atoms with Crippen molar-refractivity contribution in [3.05, 3.63) is 71.3 Å². The summed E-state index contributed by atoms with van der Waals surface area (Å²) in [5.74, 6) is 0.0721. The van der Waals surface area contributed by atoms with Gasteiger partial charge in [0.2, 0.25) is 5.91 Å². The summed E-state index contributed by atoms with van der Waals surface area (Å²) >= 11 is 0. The SMILES string of the molecule is CC(C)CCCCNC[C@H](O)[C@@H](Cc1ccccc1)c1ccccc1C(N)=O.Cl. The standard InChI is InChI=1S/C24H34N2O2.ClH/c1-18(2)10-8-9-15-26-17-23(27)22(16-19-11-4-3-5-12-19)20-13-6-7-14-21(20)24(25)28;/h3-7,11-14,18,22-23,26-27H,8-10,15-17H2,1-2H3,(H2,25,28);1H/t22-,23-;/m0./s1. The van der Waals surface area contributed by atoms with Gasteiger partial charge in [-0.05, 0) is 42.5 Å². The molecule has 0 bridgehead atoms. The molecule has 160 valence electrons. The van der Waals surface area contributed by atoms with Crippen molar-refractivity contribution < 1.29 is 9.90 Å². The van der Waals surface area contributed by atoms with Gasteiger partial charge in [0.15, 0.2) is 0 Å². The van der Waals surface area contributed by atoms with E-state index in [2.05, 4.69) is 19.2 Å². The van der Waals surface area contributed by atoms with Crippen LogP contribution >= 0.6 is 12.4 Å². The summed E-state index contributed by atoms with van der Waals surface area (Å²) in [7, 11) is 0. The molecule has 0 aliphatic carbocycles. The summed E-state index contributed by atoms with van der Waals surface area (Å²) < 4.78 is 0. The lowest BCUT2D eigenvalue weighted by Gasteiger charge is -2.25. The van der Waals surface area contributed by atoms with Gasteiger partial charge >= 0.3 is 0 Å².